The summed E-state index contributed by atoms with van der Waals surface area (Å²) in [5.41, 5.74) is 4.88. The second-order valence-electron chi connectivity index (χ2n) is 9.58. The number of nitrogens with one attached hydrogen (secondary N) is 1. The van der Waals surface area contributed by atoms with Crippen LogP contribution >= 0.6 is 11.3 Å². The maximum absolute atomic E-state index is 12.8. The number of rotatable bonds is 8. The summed E-state index contributed by atoms with van der Waals surface area (Å²) in [5.74, 6) is -0.315. The number of hydrogen-bond acceptors (Lipinski definition) is 6. The zero-order valence-electron chi connectivity index (χ0n) is 22.1. The van der Waals surface area contributed by atoms with Gasteiger partial charge in [-0.15, -0.1) is 11.3 Å². The number of thiazole rings is 1. The first-order chi connectivity index (χ1) is 20.0. The Bertz CT molecular complexity index is 1790. The minimum Gasteiger partial charge on any atom is -0.298 e. The molecule has 0 radical (unpaired) electrons. The topological polar surface area (TPSA) is 97.2 Å². The summed E-state index contributed by atoms with van der Waals surface area (Å²) in [5, 5.41) is 9.89. The van der Waals surface area contributed by atoms with Gasteiger partial charge in [-0.25, -0.2) is 18.1 Å². The summed E-state index contributed by atoms with van der Waals surface area (Å²) in [6.45, 7) is 1.13. The molecule has 1 saturated heterocycles. The Kier molecular flexibility index (Phi) is 7.60. The van der Waals surface area contributed by atoms with Gasteiger partial charge < -0.3 is 0 Å². The maximum Gasteiger partial charge on any atom is 0.250 e. The fraction of sp³-hybridized carbons (Fsp3) is 0.129. The van der Waals surface area contributed by atoms with E-state index in [4.69, 9.17) is 5.10 Å². The Labute approximate surface area is 242 Å². The average molecular weight is 582 g/mol. The molecule has 0 saturated carbocycles. The predicted octanol–water partition coefficient (Wildman–Crippen LogP) is 6.10. The Hall–Kier alpha value is -4.38. The van der Waals surface area contributed by atoms with Gasteiger partial charge in [0.2, 0.25) is 15.9 Å². The lowest BCUT2D eigenvalue weighted by atomic mass is 10.1. The molecule has 1 aliphatic heterocycles. The van der Waals surface area contributed by atoms with Crippen molar-refractivity contribution in [2.75, 3.05) is 18.4 Å². The molecule has 6 rings (SSSR count). The zero-order chi connectivity index (χ0) is 28.2. The molecule has 0 spiro atoms. The van der Waals surface area contributed by atoms with Crippen molar-refractivity contribution < 1.29 is 13.2 Å². The van der Waals surface area contributed by atoms with Crippen LogP contribution in [-0.4, -0.2) is 46.5 Å². The molecule has 10 heteroatoms. The van der Waals surface area contributed by atoms with E-state index in [1.165, 1.54) is 21.7 Å². The largest absolute Gasteiger partial charge is 0.298 e. The van der Waals surface area contributed by atoms with Crippen LogP contribution in [0.15, 0.2) is 107 Å². The number of hydrogen-bond donors (Lipinski definition) is 1. The maximum atomic E-state index is 12.8. The molecule has 206 valence electrons. The minimum atomic E-state index is -3.47. The van der Waals surface area contributed by atoms with E-state index >= 15 is 0 Å². The fourth-order valence-corrected chi connectivity index (χ4v) is 6.93. The third-order valence-corrected chi connectivity index (χ3v) is 9.48. The van der Waals surface area contributed by atoms with Crippen molar-refractivity contribution in [1.29, 1.82) is 0 Å². The highest BCUT2D eigenvalue weighted by Crippen LogP contribution is 2.28. The van der Waals surface area contributed by atoms with E-state index in [9.17, 15) is 13.2 Å². The van der Waals surface area contributed by atoms with Gasteiger partial charge in [0.25, 0.3) is 0 Å². The summed E-state index contributed by atoms with van der Waals surface area (Å²) in [7, 11) is -3.47. The van der Waals surface area contributed by atoms with Crippen LogP contribution in [-0.2, 0) is 14.8 Å². The lowest BCUT2D eigenvalue weighted by Gasteiger charge is -2.15. The standard InChI is InChI=1S/C31H27N5O3S2/c37-29(18-15-25-21-36(26-11-5-2-6-12-26)34-30(25)24-9-3-1-4-10-24)33-31-32-28(22-40-31)23-13-16-27(17-14-23)41(38,39)35-19-7-8-20-35/h1-6,9-18,21-22H,7-8,19-20H2,(H,32,33,37)/b18-15+. The summed E-state index contributed by atoms with van der Waals surface area (Å²) in [6.07, 6.45) is 6.91. The van der Waals surface area contributed by atoms with Crippen LogP contribution in [0, 0.1) is 0 Å². The van der Waals surface area contributed by atoms with Crippen molar-refractivity contribution in [3.05, 3.63) is 108 Å². The second-order valence-corrected chi connectivity index (χ2v) is 12.4. The molecule has 1 N–H and O–H groups in total. The quantitative estimate of drug-likeness (QED) is 0.223. The molecule has 1 fully saturated rings. The Morgan fingerprint density at radius 3 is 2.27 bits per heavy atom. The predicted molar refractivity (Wildman–Crippen MR) is 162 cm³/mol. The number of carbonyl (C=O) groups is 1. The molecular weight excluding hydrogens is 555 g/mol. The van der Waals surface area contributed by atoms with Crippen molar-refractivity contribution in [1.82, 2.24) is 19.1 Å². The number of benzene rings is 3. The molecule has 5 aromatic rings. The van der Waals surface area contributed by atoms with E-state index in [0.29, 0.717) is 23.9 Å². The summed E-state index contributed by atoms with van der Waals surface area (Å²) in [4.78, 5) is 17.6. The first kappa shape index (κ1) is 26.8. The Morgan fingerprint density at radius 2 is 1.56 bits per heavy atom. The number of aromatic nitrogens is 3. The zero-order valence-corrected chi connectivity index (χ0v) is 23.7. The van der Waals surface area contributed by atoms with E-state index in [2.05, 4.69) is 10.3 Å². The van der Waals surface area contributed by atoms with Crippen LogP contribution in [0.2, 0.25) is 0 Å². The van der Waals surface area contributed by atoms with Crippen LogP contribution < -0.4 is 5.32 Å². The highest BCUT2D eigenvalue weighted by molar-refractivity contribution is 7.89. The lowest BCUT2D eigenvalue weighted by molar-refractivity contribution is -0.111. The molecule has 3 aromatic carbocycles. The van der Waals surface area contributed by atoms with Gasteiger partial charge in [0.1, 0.15) is 0 Å². The molecule has 1 amide bonds. The highest BCUT2D eigenvalue weighted by Gasteiger charge is 2.27. The lowest BCUT2D eigenvalue weighted by Crippen LogP contribution is -2.27. The van der Waals surface area contributed by atoms with E-state index in [1.54, 1.807) is 35.0 Å². The van der Waals surface area contributed by atoms with Gasteiger partial charge in [0.05, 0.1) is 22.0 Å². The summed E-state index contributed by atoms with van der Waals surface area (Å²) >= 11 is 1.31. The molecule has 2 aromatic heterocycles. The Balaban J connectivity index is 1.17. The van der Waals surface area contributed by atoms with Gasteiger partial charge in [0, 0.05) is 47.4 Å². The van der Waals surface area contributed by atoms with E-state index in [-0.39, 0.29) is 10.8 Å². The third kappa shape index (κ3) is 5.90. The molecule has 0 unspecified atom stereocenters. The summed E-state index contributed by atoms with van der Waals surface area (Å²) in [6, 6.07) is 26.4. The number of anilines is 1. The van der Waals surface area contributed by atoms with Crippen molar-refractivity contribution in [3.8, 4) is 28.2 Å². The Morgan fingerprint density at radius 1 is 0.878 bits per heavy atom. The summed E-state index contributed by atoms with van der Waals surface area (Å²) < 4.78 is 28.9. The smallest absolute Gasteiger partial charge is 0.250 e. The van der Waals surface area contributed by atoms with Gasteiger partial charge in [-0.05, 0) is 43.2 Å². The molecule has 0 bridgehead atoms. The van der Waals surface area contributed by atoms with Gasteiger partial charge in [0.15, 0.2) is 5.13 Å². The molecule has 0 atom stereocenters. The average Bonchev–Trinajstić information content (AvgIpc) is 3.79. The third-order valence-electron chi connectivity index (χ3n) is 6.81. The van der Waals surface area contributed by atoms with Gasteiger partial charge in [-0.1, -0.05) is 60.7 Å². The van der Waals surface area contributed by atoms with Crippen LogP contribution in [0.3, 0.4) is 0 Å². The number of para-hydroxylation sites is 1. The van der Waals surface area contributed by atoms with E-state index < -0.39 is 10.0 Å². The van der Waals surface area contributed by atoms with Crippen LogP contribution in [0.4, 0.5) is 5.13 Å². The normalized spacial score (nSPS) is 14.0. The first-order valence-corrected chi connectivity index (χ1v) is 15.5. The van der Waals surface area contributed by atoms with Crippen molar-refractivity contribution in [2.24, 2.45) is 0 Å². The van der Waals surface area contributed by atoms with Crippen LogP contribution in [0.1, 0.15) is 18.4 Å². The monoisotopic (exact) mass is 581 g/mol. The van der Waals surface area contributed by atoms with Gasteiger partial charge in [-0.2, -0.15) is 9.40 Å². The van der Waals surface area contributed by atoms with E-state index in [1.807, 2.05) is 72.2 Å². The number of nitrogens with zero attached hydrogens (tertiary/aromatic N) is 4. The second kappa shape index (κ2) is 11.6. The minimum absolute atomic E-state index is 0.280. The molecule has 0 aliphatic carbocycles. The SMILES string of the molecule is O=C(/C=C/c1cn(-c2ccccc2)nc1-c1ccccc1)Nc1nc(-c2ccc(S(=O)(=O)N3CCCC3)cc2)cs1. The molecule has 1 aliphatic rings. The number of carbonyl (C=O) groups excluding carboxylic acids is 1. The molecule has 8 nitrogen and oxygen atoms in total. The van der Waals surface area contributed by atoms with Crippen LogP contribution in [0.5, 0.6) is 0 Å². The van der Waals surface area contributed by atoms with Gasteiger partial charge >= 0.3 is 0 Å². The molecular formula is C31H27N5O3S2. The molecule has 3 heterocycles. The number of sulfonamides is 1. The number of amides is 1. The highest BCUT2D eigenvalue weighted by atomic mass is 32.2. The van der Waals surface area contributed by atoms with Gasteiger partial charge in [-0.3, -0.25) is 10.1 Å². The van der Waals surface area contributed by atoms with E-state index in [0.717, 1.165) is 40.9 Å². The molecule has 41 heavy (non-hydrogen) atoms. The van der Waals surface area contributed by atoms with Crippen molar-refractivity contribution in [2.45, 2.75) is 17.7 Å². The van der Waals surface area contributed by atoms with Crippen molar-refractivity contribution >= 4 is 38.5 Å². The van der Waals surface area contributed by atoms with Crippen LogP contribution in [0.25, 0.3) is 34.3 Å². The van der Waals surface area contributed by atoms with Crippen molar-refractivity contribution in [3.63, 3.8) is 0 Å². The fourth-order valence-electron chi connectivity index (χ4n) is 4.69. The first-order valence-electron chi connectivity index (χ1n) is 13.2.